The van der Waals surface area contributed by atoms with Crippen LogP contribution in [0, 0.1) is 0 Å². The van der Waals surface area contributed by atoms with Gasteiger partial charge in [-0.3, -0.25) is 9.98 Å². The van der Waals surface area contributed by atoms with Crippen LogP contribution in [-0.2, 0) is 4.79 Å². The topological polar surface area (TPSA) is 80.5 Å². The van der Waals surface area contributed by atoms with Crippen LogP contribution in [-0.4, -0.2) is 43.2 Å². The molecule has 0 spiro atoms. The van der Waals surface area contributed by atoms with Crippen LogP contribution in [0.15, 0.2) is 94.9 Å². The van der Waals surface area contributed by atoms with E-state index in [0.29, 0.717) is 0 Å². The number of carboxylic acid groups (broad SMARTS) is 1. The van der Waals surface area contributed by atoms with E-state index in [1.165, 1.54) is 14.0 Å². The molecule has 0 saturated heterocycles. The van der Waals surface area contributed by atoms with Gasteiger partial charge in [0.15, 0.2) is 0 Å². The largest absolute Gasteiger partial charge is 0.497 e. The fraction of sp³-hybridized carbons (Fsp3) is 0.207. The number of carboxylic acids is 1. The van der Waals surface area contributed by atoms with E-state index in [-0.39, 0.29) is 5.71 Å². The molecule has 3 rings (SSSR count). The maximum atomic E-state index is 9.80. The predicted molar refractivity (Wildman–Crippen MR) is 143 cm³/mol. The number of hydrogen-bond acceptors (Lipinski definition) is 5. The number of nitrogens with zero attached hydrogens (tertiary/aromatic N) is 2. The Morgan fingerprint density at radius 3 is 2.06 bits per heavy atom. The van der Waals surface area contributed by atoms with Crippen LogP contribution in [0.5, 0.6) is 17.2 Å². The van der Waals surface area contributed by atoms with E-state index in [1.54, 1.807) is 7.11 Å². The maximum absolute atomic E-state index is 9.80. The van der Waals surface area contributed by atoms with Crippen LogP contribution in [0.25, 0.3) is 5.57 Å². The molecule has 182 valence electrons. The lowest BCUT2D eigenvalue weighted by molar-refractivity contribution is -0.129. The van der Waals surface area contributed by atoms with E-state index in [0.717, 1.165) is 46.2 Å². The van der Waals surface area contributed by atoms with Gasteiger partial charge in [-0.2, -0.15) is 0 Å². The van der Waals surface area contributed by atoms with Gasteiger partial charge < -0.3 is 14.6 Å². The number of aliphatic imine (C=N–C) groups is 2. The summed E-state index contributed by atoms with van der Waals surface area (Å²) in [5, 5.41) is 8.05. The lowest BCUT2D eigenvalue weighted by Gasteiger charge is -2.09. The summed E-state index contributed by atoms with van der Waals surface area (Å²) < 4.78 is 11.2. The van der Waals surface area contributed by atoms with E-state index < -0.39 is 5.97 Å². The fourth-order valence-corrected chi connectivity index (χ4v) is 2.97. The second-order valence-corrected chi connectivity index (χ2v) is 7.47. The van der Waals surface area contributed by atoms with Crippen molar-refractivity contribution in [1.29, 1.82) is 0 Å². The van der Waals surface area contributed by atoms with Crippen molar-refractivity contribution in [1.82, 2.24) is 0 Å². The second-order valence-electron chi connectivity index (χ2n) is 7.47. The zero-order valence-electron chi connectivity index (χ0n) is 20.9. The molecule has 35 heavy (non-hydrogen) atoms. The Bertz CT molecular complexity index is 1180. The summed E-state index contributed by atoms with van der Waals surface area (Å²) in [5.74, 6) is 1.52. The summed E-state index contributed by atoms with van der Waals surface area (Å²) >= 11 is 0. The third kappa shape index (κ3) is 8.93. The number of allylic oxidation sites excluding steroid dienone is 2. The van der Waals surface area contributed by atoms with Crippen LogP contribution >= 0.6 is 0 Å². The standard InChI is InChI=1S/C25H25NO2.C4H7NO2/c1-4-26-25(21-9-8-12-24(18-21)27-3)17-19(2)20-13-15-23(16-14-20)28-22-10-6-5-7-11-22;1-3(5-2)4(6)7/h5-18H,4H2,1-3H3;1-2H3,(H,6,7)/b19-17+,26-25?;. The molecule has 0 aliphatic heterocycles. The van der Waals surface area contributed by atoms with E-state index in [4.69, 9.17) is 14.6 Å². The van der Waals surface area contributed by atoms with Gasteiger partial charge in [0.1, 0.15) is 23.0 Å². The third-order valence-electron chi connectivity index (χ3n) is 4.98. The summed E-state index contributed by atoms with van der Waals surface area (Å²) in [6, 6.07) is 25.9. The highest BCUT2D eigenvalue weighted by Crippen LogP contribution is 2.24. The highest BCUT2D eigenvalue weighted by atomic mass is 16.5. The molecule has 0 aromatic heterocycles. The Kier molecular flexibility index (Phi) is 10.9. The molecule has 3 aromatic carbocycles. The first-order chi connectivity index (χ1) is 16.9. The van der Waals surface area contributed by atoms with E-state index in [2.05, 4.69) is 41.2 Å². The van der Waals surface area contributed by atoms with Crippen molar-refractivity contribution in [2.24, 2.45) is 9.98 Å². The van der Waals surface area contributed by atoms with Crippen molar-refractivity contribution < 1.29 is 19.4 Å². The smallest absolute Gasteiger partial charge is 0.349 e. The number of hydrogen-bond donors (Lipinski definition) is 1. The van der Waals surface area contributed by atoms with Crippen LogP contribution in [0.1, 0.15) is 31.9 Å². The number of aliphatic carboxylic acids is 1. The minimum absolute atomic E-state index is 0.139. The van der Waals surface area contributed by atoms with Gasteiger partial charge in [-0.05, 0) is 74.4 Å². The van der Waals surface area contributed by atoms with Crippen molar-refractivity contribution in [3.8, 4) is 17.2 Å². The van der Waals surface area contributed by atoms with Gasteiger partial charge in [0, 0.05) is 19.2 Å². The van der Waals surface area contributed by atoms with Crippen LogP contribution in [0.2, 0.25) is 0 Å². The zero-order valence-corrected chi connectivity index (χ0v) is 20.9. The summed E-state index contributed by atoms with van der Waals surface area (Å²) in [7, 11) is 3.12. The Morgan fingerprint density at radius 2 is 1.51 bits per heavy atom. The molecule has 6 heteroatoms. The Hall–Kier alpha value is -4.19. The summed E-state index contributed by atoms with van der Waals surface area (Å²) in [5.41, 5.74) is 4.40. The van der Waals surface area contributed by atoms with E-state index >= 15 is 0 Å². The first-order valence-corrected chi connectivity index (χ1v) is 11.2. The van der Waals surface area contributed by atoms with Gasteiger partial charge in [-0.25, -0.2) is 4.79 Å². The first-order valence-electron chi connectivity index (χ1n) is 11.2. The number of methoxy groups -OCH3 is 1. The molecule has 6 nitrogen and oxygen atoms in total. The van der Waals surface area contributed by atoms with Crippen LogP contribution in [0.3, 0.4) is 0 Å². The molecule has 0 saturated carbocycles. The highest BCUT2D eigenvalue weighted by Gasteiger charge is 2.05. The predicted octanol–water partition coefficient (Wildman–Crippen LogP) is 6.56. The molecule has 0 aliphatic rings. The molecule has 1 N–H and O–H groups in total. The Labute approximate surface area is 207 Å². The molecule has 0 amide bonds. The molecule has 0 fully saturated rings. The Morgan fingerprint density at radius 1 is 0.886 bits per heavy atom. The van der Waals surface area contributed by atoms with Crippen LogP contribution < -0.4 is 9.47 Å². The maximum Gasteiger partial charge on any atom is 0.349 e. The number of rotatable bonds is 8. The van der Waals surface area contributed by atoms with E-state index in [1.807, 2.05) is 67.6 Å². The molecule has 0 bridgehead atoms. The lowest BCUT2D eigenvalue weighted by atomic mass is 10.0. The van der Waals surface area contributed by atoms with Crippen molar-refractivity contribution in [3.05, 3.63) is 96.1 Å². The molecule has 0 aliphatic carbocycles. The fourth-order valence-electron chi connectivity index (χ4n) is 2.97. The number of para-hydroxylation sites is 1. The monoisotopic (exact) mass is 472 g/mol. The molecule has 0 atom stereocenters. The normalized spacial score (nSPS) is 11.9. The van der Waals surface area contributed by atoms with Gasteiger partial charge >= 0.3 is 5.97 Å². The number of ether oxygens (including phenoxy) is 2. The summed E-state index contributed by atoms with van der Waals surface area (Å²) in [6.45, 7) is 6.31. The molecular formula is C29H32N2O4. The summed E-state index contributed by atoms with van der Waals surface area (Å²) in [6.07, 6.45) is 2.12. The second kappa shape index (κ2) is 14.2. The first kappa shape index (κ1) is 27.1. The van der Waals surface area contributed by atoms with Gasteiger partial charge in [0.2, 0.25) is 0 Å². The average molecular weight is 473 g/mol. The van der Waals surface area contributed by atoms with Crippen molar-refractivity contribution in [2.75, 3.05) is 20.7 Å². The minimum Gasteiger partial charge on any atom is -0.497 e. The van der Waals surface area contributed by atoms with Crippen molar-refractivity contribution in [3.63, 3.8) is 0 Å². The molecule has 0 unspecified atom stereocenters. The molecule has 3 aromatic rings. The van der Waals surface area contributed by atoms with E-state index in [9.17, 15) is 4.79 Å². The minimum atomic E-state index is -0.956. The average Bonchev–Trinajstić information content (AvgIpc) is 2.89. The number of carbonyl (C=O) groups is 1. The van der Waals surface area contributed by atoms with Gasteiger partial charge in [-0.15, -0.1) is 0 Å². The third-order valence-corrected chi connectivity index (χ3v) is 4.98. The van der Waals surface area contributed by atoms with Crippen molar-refractivity contribution in [2.45, 2.75) is 20.8 Å². The molecule has 0 radical (unpaired) electrons. The lowest BCUT2D eigenvalue weighted by Crippen LogP contribution is -2.06. The zero-order chi connectivity index (χ0) is 25.6. The van der Waals surface area contributed by atoms with Crippen LogP contribution in [0.4, 0.5) is 0 Å². The highest BCUT2D eigenvalue weighted by molar-refractivity contribution is 6.34. The quantitative estimate of drug-likeness (QED) is 0.376. The molecule has 0 heterocycles. The number of benzene rings is 3. The van der Waals surface area contributed by atoms with Gasteiger partial charge in [-0.1, -0.05) is 42.5 Å². The molecular weight excluding hydrogens is 440 g/mol. The van der Waals surface area contributed by atoms with Gasteiger partial charge in [0.25, 0.3) is 0 Å². The summed E-state index contributed by atoms with van der Waals surface area (Å²) in [4.78, 5) is 17.9. The SMILES string of the molecule is CCN=C(/C=C(\C)c1ccc(Oc2ccccc2)cc1)c1cccc(OC)c1.CN=C(C)C(=O)O. The van der Waals surface area contributed by atoms with Crippen molar-refractivity contribution >= 4 is 23.0 Å². The Balaban J connectivity index is 0.000000540. The van der Waals surface area contributed by atoms with Gasteiger partial charge in [0.05, 0.1) is 12.8 Å².